The summed E-state index contributed by atoms with van der Waals surface area (Å²) in [7, 11) is 0. The summed E-state index contributed by atoms with van der Waals surface area (Å²) in [5.74, 6) is 0.627. The number of aromatic nitrogens is 3. The maximum Gasteiger partial charge on any atom is 0.251 e. The summed E-state index contributed by atoms with van der Waals surface area (Å²) >= 11 is 0. The molecule has 0 aromatic carbocycles. The number of nitrogens with zero attached hydrogens (tertiary/aromatic N) is 4. The third-order valence-electron chi connectivity index (χ3n) is 3.46. The van der Waals surface area contributed by atoms with Gasteiger partial charge in [0.1, 0.15) is 0 Å². The van der Waals surface area contributed by atoms with Crippen LogP contribution in [0, 0.1) is 0 Å². The molecule has 1 amide bonds. The topological polar surface area (TPSA) is 71.0 Å². The fourth-order valence-corrected chi connectivity index (χ4v) is 2.33. The SMILES string of the molecule is O=C(NCc1ccnc(N2CCCC2)n1)c1ccncc1. The summed E-state index contributed by atoms with van der Waals surface area (Å²) in [4.78, 5) is 26.8. The molecule has 3 heterocycles. The first-order valence-electron chi connectivity index (χ1n) is 7.08. The molecule has 0 bridgehead atoms. The Hall–Kier alpha value is -2.50. The Morgan fingerprint density at radius 2 is 1.90 bits per heavy atom. The van der Waals surface area contributed by atoms with Crippen molar-refractivity contribution in [2.45, 2.75) is 19.4 Å². The third-order valence-corrected chi connectivity index (χ3v) is 3.46. The van der Waals surface area contributed by atoms with Gasteiger partial charge in [0.15, 0.2) is 0 Å². The first kappa shape index (κ1) is 13.5. The molecule has 0 atom stereocenters. The minimum absolute atomic E-state index is 0.126. The lowest BCUT2D eigenvalue weighted by atomic mass is 10.2. The Labute approximate surface area is 123 Å². The maximum absolute atomic E-state index is 12.0. The van der Waals surface area contributed by atoms with Gasteiger partial charge in [0, 0.05) is 37.2 Å². The zero-order valence-electron chi connectivity index (χ0n) is 11.7. The summed E-state index contributed by atoms with van der Waals surface area (Å²) in [6, 6.07) is 5.20. The van der Waals surface area contributed by atoms with Crippen molar-refractivity contribution in [2.75, 3.05) is 18.0 Å². The zero-order chi connectivity index (χ0) is 14.5. The minimum atomic E-state index is -0.126. The largest absolute Gasteiger partial charge is 0.346 e. The van der Waals surface area contributed by atoms with E-state index in [0.717, 1.165) is 24.7 Å². The monoisotopic (exact) mass is 283 g/mol. The number of anilines is 1. The van der Waals surface area contributed by atoms with E-state index in [1.54, 1.807) is 30.7 Å². The Kier molecular flexibility index (Phi) is 4.04. The quantitative estimate of drug-likeness (QED) is 0.918. The van der Waals surface area contributed by atoms with Crippen LogP contribution in [-0.4, -0.2) is 33.9 Å². The van der Waals surface area contributed by atoms with Crippen LogP contribution < -0.4 is 10.2 Å². The first-order valence-corrected chi connectivity index (χ1v) is 7.08. The van der Waals surface area contributed by atoms with Crippen LogP contribution in [0.2, 0.25) is 0 Å². The average Bonchev–Trinajstić information content (AvgIpc) is 3.08. The van der Waals surface area contributed by atoms with Gasteiger partial charge in [-0.15, -0.1) is 0 Å². The fourth-order valence-electron chi connectivity index (χ4n) is 2.33. The summed E-state index contributed by atoms with van der Waals surface area (Å²) in [5.41, 5.74) is 1.41. The van der Waals surface area contributed by atoms with Gasteiger partial charge in [0.25, 0.3) is 5.91 Å². The molecule has 3 rings (SSSR count). The molecule has 21 heavy (non-hydrogen) atoms. The second kappa shape index (κ2) is 6.30. The summed E-state index contributed by atoms with van der Waals surface area (Å²) in [6.45, 7) is 2.41. The van der Waals surface area contributed by atoms with Crippen LogP contribution in [0.25, 0.3) is 0 Å². The Bertz CT molecular complexity index is 610. The van der Waals surface area contributed by atoms with E-state index in [1.165, 1.54) is 12.8 Å². The number of hydrogen-bond donors (Lipinski definition) is 1. The van der Waals surface area contributed by atoms with Crippen molar-refractivity contribution in [3.63, 3.8) is 0 Å². The standard InChI is InChI=1S/C15H17N5O/c21-14(12-3-6-16-7-4-12)18-11-13-5-8-17-15(19-13)20-9-1-2-10-20/h3-8H,1-2,9-11H2,(H,18,21). The molecule has 0 aliphatic carbocycles. The lowest BCUT2D eigenvalue weighted by Crippen LogP contribution is -2.25. The van der Waals surface area contributed by atoms with Crippen LogP contribution in [0.15, 0.2) is 36.8 Å². The molecule has 0 saturated carbocycles. The first-order chi connectivity index (χ1) is 10.3. The van der Waals surface area contributed by atoms with Crippen LogP contribution in [0.4, 0.5) is 5.95 Å². The van der Waals surface area contributed by atoms with Crippen LogP contribution in [0.1, 0.15) is 28.9 Å². The van der Waals surface area contributed by atoms with E-state index in [0.29, 0.717) is 12.1 Å². The van der Waals surface area contributed by atoms with Crippen LogP contribution >= 0.6 is 0 Å². The Balaban J connectivity index is 1.63. The van der Waals surface area contributed by atoms with E-state index in [1.807, 2.05) is 6.07 Å². The van der Waals surface area contributed by atoms with Gasteiger partial charge in [0.2, 0.25) is 5.95 Å². The summed E-state index contributed by atoms with van der Waals surface area (Å²) < 4.78 is 0. The molecule has 0 unspecified atom stereocenters. The van der Waals surface area contributed by atoms with Crippen LogP contribution in [0.5, 0.6) is 0 Å². The molecule has 1 aliphatic rings. The van der Waals surface area contributed by atoms with Gasteiger partial charge >= 0.3 is 0 Å². The molecule has 1 saturated heterocycles. The second-order valence-electron chi connectivity index (χ2n) is 4.96. The van der Waals surface area contributed by atoms with E-state index in [2.05, 4.69) is 25.2 Å². The van der Waals surface area contributed by atoms with E-state index < -0.39 is 0 Å². The highest BCUT2D eigenvalue weighted by molar-refractivity contribution is 5.93. The normalized spacial score (nSPS) is 14.2. The van der Waals surface area contributed by atoms with Gasteiger partial charge in [-0.3, -0.25) is 9.78 Å². The highest BCUT2D eigenvalue weighted by atomic mass is 16.1. The van der Waals surface area contributed by atoms with Crippen molar-refractivity contribution in [3.05, 3.63) is 48.0 Å². The minimum Gasteiger partial charge on any atom is -0.346 e. The molecule has 1 N–H and O–H groups in total. The lowest BCUT2D eigenvalue weighted by Gasteiger charge is -2.15. The maximum atomic E-state index is 12.0. The molecule has 108 valence electrons. The number of carbonyl (C=O) groups excluding carboxylic acids is 1. The number of pyridine rings is 1. The molecule has 0 spiro atoms. The number of hydrogen-bond acceptors (Lipinski definition) is 5. The molecular formula is C15H17N5O. The van der Waals surface area contributed by atoms with E-state index in [9.17, 15) is 4.79 Å². The lowest BCUT2D eigenvalue weighted by molar-refractivity contribution is 0.0950. The van der Waals surface area contributed by atoms with E-state index >= 15 is 0 Å². The Morgan fingerprint density at radius 3 is 2.67 bits per heavy atom. The third kappa shape index (κ3) is 3.34. The van der Waals surface area contributed by atoms with Gasteiger partial charge < -0.3 is 10.2 Å². The molecule has 1 fully saturated rings. The summed E-state index contributed by atoms with van der Waals surface area (Å²) in [6.07, 6.45) is 7.32. The van der Waals surface area contributed by atoms with Gasteiger partial charge in [-0.2, -0.15) is 0 Å². The highest BCUT2D eigenvalue weighted by Crippen LogP contribution is 2.15. The number of rotatable bonds is 4. The zero-order valence-corrected chi connectivity index (χ0v) is 11.7. The van der Waals surface area contributed by atoms with Gasteiger partial charge in [0.05, 0.1) is 12.2 Å². The smallest absolute Gasteiger partial charge is 0.251 e. The van der Waals surface area contributed by atoms with Crippen molar-refractivity contribution in [2.24, 2.45) is 0 Å². The summed E-state index contributed by atoms with van der Waals surface area (Å²) in [5, 5.41) is 2.86. The number of carbonyl (C=O) groups is 1. The van der Waals surface area contributed by atoms with Crippen molar-refractivity contribution in [1.29, 1.82) is 0 Å². The van der Waals surface area contributed by atoms with Crippen molar-refractivity contribution in [3.8, 4) is 0 Å². The van der Waals surface area contributed by atoms with Crippen molar-refractivity contribution in [1.82, 2.24) is 20.3 Å². The molecule has 1 aliphatic heterocycles. The second-order valence-corrected chi connectivity index (χ2v) is 4.96. The van der Waals surface area contributed by atoms with Gasteiger partial charge in [-0.1, -0.05) is 0 Å². The molecule has 0 radical (unpaired) electrons. The highest BCUT2D eigenvalue weighted by Gasteiger charge is 2.15. The molecular weight excluding hydrogens is 266 g/mol. The number of nitrogens with one attached hydrogen (secondary N) is 1. The predicted molar refractivity (Wildman–Crippen MR) is 78.9 cm³/mol. The van der Waals surface area contributed by atoms with E-state index in [-0.39, 0.29) is 5.91 Å². The molecule has 6 nitrogen and oxygen atoms in total. The van der Waals surface area contributed by atoms with Crippen molar-refractivity contribution < 1.29 is 4.79 Å². The molecule has 2 aromatic rings. The van der Waals surface area contributed by atoms with Gasteiger partial charge in [-0.25, -0.2) is 9.97 Å². The fraction of sp³-hybridized carbons (Fsp3) is 0.333. The van der Waals surface area contributed by atoms with Crippen LogP contribution in [0.3, 0.4) is 0 Å². The van der Waals surface area contributed by atoms with Crippen molar-refractivity contribution >= 4 is 11.9 Å². The van der Waals surface area contributed by atoms with E-state index in [4.69, 9.17) is 0 Å². The van der Waals surface area contributed by atoms with Gasteiger partial charge in [-0.05, 0) is 31.0 Å². The predicted octanol–water partition coefficient (Wildman–Crippen LogP) is 1.40. The van der Waals surface area contributed by atoms with Crippen LogP contribution in [-0.2, 0) is 6.54 Å². The Morgan fingerprint density at radius 1 is 1.14 bits per heavy atom. The molecule has 6 heteroatoms. The molecule has 2 aromatic heterocycles. The average molecular weight is 283 g/mol. The number of amides is 1.